The summed E-state index contributed by atoms with van der Waals surface area (Å²) < 4.78 is 30.0. The van der Waals surface area contributed by atoms with Crippen molar-refractivity contribution in [3.05, 3.63) is 29.3 Å². The molecule has 0 aliphatic carbocycles. The lowest BCUT2D eigenvalue weighted by Gasteiger charge is -2.03. The molecule has 0 unspecified atom stereocenters. The van der Waals surface area contributed by atoms with Crippen LogP contribution in [0.15, 0.2) is 12.1 Å². The van der Waals surface area contributed by atoms with Gasteiger partial charge in [-0.1, -0.05) is 0 Å². The molecule has 0 atom stereocenters. The van der Waals surface area contributed by atoms with Crippen LogP contribution in [0.25, 0.3) is 0 Å². The number of nitrogens with two attached hydrogens (primary N) is 1. The van der Waals surface area contributed by atoms with Crippen molar-refractivity contribution < 1.29 is 18.3 Å². The molecule has 0 spiro atoms. The van der Waals surface area contributed by atoms with Crippen molar-refractivity contribution in [3.63, 3.8) is 0 Å². The lowest BCUT2D eigenvalue weighted by atomic mass is 10.2. The Morgan fingerprint density at radius 1 is 1.50 bits per heavy atom. The molecule has 2 N–H and O–H groups in total. The van der Waals surface area contributed by atoms with Crippen LogP contribution in [0.3, 0.4) is 0 Å². The third kappa shape index (κ3) is 1.77. The lowest BCUT2D eigenvalue weighted by Crippen LogP contribution is -2.17. The Balaban J connectivity index is 3.23. The number of carbonyl (C=O) groups is 1. The van der Waals surface area contributed by atoms with E-state index in [0.717, 1.165) is 12.1 Å². The summed E-state index contributed by atoms with van der Waals surface area (Å²) in [6.45, 7) is 0. The van der Waals surface area contributed by atoms with E-state index in [-0.39, 0.29) is 0 Å². The van der Waals surface area contributed by atoms with Crippen molar-refractivity contribution in [2.75, 3.05) is 0 Å². The normalized spacial score (nSPS) is 9.21. The summed E-state index contributed by atoms with van der Waals surface area (Å²) in [5, 5.41) is 8.36. The van der Waals surface area contributed by atoms with Gasteiger partial charge in [0, 0.05) is 0 Å². The van der Waals surface area contributed by atoms with Crippen LogP contribution in [0, 0.1) is 23.0 Å². The van der Waals surface area contributed by atoms with E-state index in [9.17, 15) is 13.6 Å². The third-order valence-electron chi connectivity index (χ3n) is 1.38. The maximum absolute atomic E-state index is 13.1. The smallest absolute Gasteiger partial charge is 0.407 e. The number of nitriles is 1. The molecule has 0 fully saturated rings. The number of rotatable bonds is 1. The maximum Gasteiger partial charge on any atom is 0.410 e. The number of amides is 1. The number of halogens is 2. The topological polar surface area (TPSA) is 76.1 Å². The minimum Gasteiger partial charge on any atom is -0.407 e. The molecule has 1 rings (SSSR count). The van der Waals surface area contributed by atoms with Crippen molar-refractivity contribution >= 4 is 6.09 Å². The summed E-state index contributed by atoms with van der Waals surface area (Å²) in [7, 11) is 0. The highest BCUT2D eigenvalue weighted by molar-refractivity contribution is 5.68. The fourth-order valence-electron chi connectivity index (χ4n) is 0.823. The Hall–Kier alpha value is -2.16. The standard InChI is InChI=1S/C8H4F2N2O2/c9-5-1-2-6(14-8(12)13)7(10)4(5)3-11/h1-2H,(H2,12,13). The van der Waals surface area contributed by atoms with Crippen molar-refractivity contribution in [1.82, 2.24) is 0 Å². The van der Waals surface area contributed by atoms with Gasteiger partial charge >= 0.3 is 6.09 Å². The SMILES string of the molecule is N#Cc1c(F)ccc(OC(N)=O)c1F. The van der Waals surface area contributed by atoms with E-state index in [4.69, 9.17) is 5.26 Å². The quantitative estimate of drug-likeness (QED) is 0.738. The molecule has 1 aromatic carbocycles. The average molecular weight is 198 g/mol. The predicted octanol–water partition coefficient (Wildman–Crippen LogP) is 1.29. The molecule has 4 nitrogen and oxygen atoms in total. The van der Waals surface area contributed by atoms with Crippen molar-refractivity contribution in [3.8, 4) is 11.8 Å². The predicted molar refractivity (Wildman–Crippen MR) is 41.3 cm³/mol. The molecular weight excluding hydrogens is 194 g/mol. The first kappa shape index (κ1) is 9.92. The summed E-state index contributed by atoms with van der Waals surface area (Å²) >= 11 is 0. The molecule has 0 aliphatic heterocycles. The highest BCUT2D eigenvalue weighted by Crippen LogP contribution is 2.22. The number of primary amides is 1. The number of benzene rings is 1. The van der Waals surface area contributed by atoms with Gasteiger partial charge in [-0.15, -0.1) is 0 Å². The van der Waals surface area contributed by atoms with Gasteiger partial charge in [-0.05, 0) is 12.1 Å². The zero-order chi connectivity index (χ0) is 10.7. The highest BCUT2D eigenvalue weighted by atomic mass is 19.1. The molecule has 0 bridgehead atoms. The van der Waals surface area contributed by atoms with Gasteiger partial charge in [0.15, 0.2) is 11.6 Å². The number of ether oxygens (including phenoxy) is 1. The first-order valence-corrected chi connectivity index (χ1v) is 3.41. The van der Waals surface area contributed by atoms with E-state index in [2.05, 4.69) is 10.5 Å². The van der Waals surface area contributed by atoms with Gasteiger partial charge in [0.25, 0.3) is 0 Å². The van der Waals surface area contributed by atoms with E-state index in [0.29, 0.717) is 0 Å². The molecule has 14 heavy (non-hydrogen) atoms. The molecular formula is C8H4F2N2O2. The summed E-state index contributed by atoms with van der Waals surface area (Å²) in [4.78, 5) is 10.3. The van der Waals surface area contributed by atoms with Crippen LogP contribution in [0.1, 0.15) is 5.56 Å². The number of carbonyl (C=O) groups excluding carboxylic acids is 1. The number of hydrogen-bond acceptors (Lipinski definition) is 3. The molecule has 0 aliphatic rings. The van der Waals surface area contributed by atoms with Crippen LogP contribution in [-0.4, -0.2) is 6.09 Å². The molecule has 6 heteroatoms. The second-order valence-corrected chi connectivity index (χ2v) is 2.27. The lowest BCUT2D eigenvalue weighted by molar-refractivity contribution is 0.208. The van der Waals surface area contributed by atoms with Crippen molar-refractivity contribution in [1.29, 1.82) is 5.26 Å². The van der Waals surface area contributed by atoms with Crippen LogP contribution in [0.4, 0.5) is 13.6 Å². The minimum absolute atomic E-state index is 0.574. The zero-order valence-electron chi connectivity index (χ0n) is 6.75. The number of hydrogen-bond donors (Lipinski definition) is 1. The first-order chi connectivity index (χ1) is 6.56. The van der Waals surface area contributed by atoms with Crippen LogP contribution in [0.5, 0.6) is 5.75 Å². The van der Waals surface area contributed by atoms with E-state index >= 15 is 0 Å². The van der Waals surface area contributed by atoms with Gasteiger partial charge < -0.3 is 10.5 Å². The fraction of sp³-hybridized carbons (Fsp3) is 0. The molecule has 0 saturated heterocycles. The van der Waals surface area contributed by atoms with Crippen molar-refractivity contribution in [2.45, 2.75) is 0 Å². The highest BCUT2D eigenvalue weighted by Gasteiger charge is 2.15. The summed E-state index contributed by atoms with van der Waals surface area (Å²) in [5.41, 5.74) is 3.80. The average Bonchev–Trinajstić information content (AvgIpc) is 2.10. The molecule has 0 aromatic heterocycles. The van der Waals surface area contributed by atoms with E-state index in [1.165, 1.54) is 6.07 Å². The van der Waals surface area contributed by atoms with Crippen LogP contribution in [0.2, 0.25) is 0 Å². The van der Waals surface area contributed by atoms with Crippen molar-refractivity contribution in [2.24, 2.45) is 5.73 Å². The van der Waals surface area contributed by atoms with Crippen LogP contribution in [-0.2, 0) is 0 Å². The zero-order valence-corrected chi connectivity index (χ0v) is 6.75. The van der Waals surface area contributed by atoms with Gasteiger partial charge in [-0.3, -0.25) is 0 Å². The Morgan fingerprint density at radius 2 is 2.14 bits per heavy atom. The van der Waals surface area contributed by atoms with E-state index in [1.807, 2.05) is 0 Å². The molecule has 0 radical (unpaired) electrons. The molecule has 0 saturated carbocycles. The fourth-order valence-corrected chi connectivity index (χ4v) is 0.823. The second kappa shape index (κ2) is 3.70. The number of nitrogens with zero attached hydrogens (tertiary/aromatic N) is 1. The first-order valence-electron chi connectivity index (χ1n) is 3.41. The molecule has 0 heterocycles. The molecule has 1 aromatic rings. The minimum atomic E-state index is -1.24. The Labute approximate surface area is 77.5 Å². The van der Waals surface area contributed by atoms with Gasteiger partial charge in [-0.2, -0.15) is 5.26 Å². The Bertz CT molecular complexity index is 426. The van der Waals surface area contributed by atoms with Crippen LogP contribution >= 0.6 is 0 Å². The van der Waals surface area contributed by atoms with E-state index < -0.39 is 29.0 Å². The van der Waals surface area contributed by atoms with Gasteiger partial charge in [0.05, 0.1) is 0 Å². The van der Waals surface area contributed by atoms with E-state index in [1.54, 1.807) is 0 Å². The molecule has 1 amide bonds. The van der Waals surface area contributed by atoms with Gasteiger partial charge in [0.2, 0.25) is 0 Å². The largest absolute Gasteiger partial charge is 0.410 e. The van der Waals surface area contributed by atoms with Gasteiger partial charge in [-0.25, -0.2) is 13.6 Å². The van der Waals surface area contributed by atoms with Gasteiger partial charge in [0.1, 0.15) is 17.4 Å². The third-order valence-corrected chi connectivity index (χ3v) is 1.38. The Kier molecular flexibility index (Phi) is 2.62. The summed E-state index contributed by atoms with van der Waals surface area (Å²) in [6, 6.07) is 2.97. The second-order valence-electron chi connectivity index (χ2n) is 2.27. The maximum atomic E-state index is 13.1. The summed E-state index contributed by atoms with van der Waals surface area (Å²) in [6.07, 6.45) is -1.24. The molecule has 72 valence electrons. The Morgan fingerprint density at radius 3 is 2.64 bits per heavy atom. The summed E-state index contributed by atoms with van der Waals surface area (Å²) in [5.74, 6) is -2.84. The monoisotopic (exact) mass is 198 g/mol. The van der Waals surface area contributed by atoms with Crippen LogP contribution < -0.4 is 10.5 Å².